The maximum atomic E-state index is 6.00. The van der Waals surface area contributed by atoms with Gasteiger partial charge in [-0.2, -0.15) is 0 Å². The van der Waals surface area contributed by atoms with Crippen LogP contribution in [0.5, 0.6) is 5.75 Å². The second-order valence-electron chi connectivity index (χ2n) is 6.08. The molecule has 1 aromatic carbocycles. The number of nitrogens with one attached hydrogen (secondary N) is 1. The molecule has 3 rings (SSSR count). The average Bonchev–Trinajstić information content (AvgIpc) is 2.93. The van der Waals surface area contributed by atoms with Gasteiger partial charge in [0, 0.05) is 30.3 Å². The van der Waals surface area contributed by atoms with E-state index >= 15 is 0 Å². The number of hydrogen-bond donors (Lipinski definition) is 1. The summed E-state index contributed by atoms with van der Waals surface area (Å²) in [6, 6.07) is 6.44. The van der Waals surface area contributed by atoms with Crippen molar-refractivity contribution in [1.29, 1.82) is 0 Å². The van der Waals surface area contributed by atoms with E-state index in [2.05, 4.69) is 42.4 Å². The Labute approximate surface area is 109 Å². The van der Waals surface area contributed by atoms with E-state index in [1.807, 2.05) is 0 Å². The molecule has 2 aliphatic rings. The van der Waals surface area contributed by atoms with E-state index in [9.17, 15) is 0 Å². The van der Waals surface area contributed by atoms with Gasteiger partial charge < -0.3 is 15.0 Å². The van der Waals surface area contributed by atoms with Gasteiger partial charge in [0.15, 0.2) is 0 Å². The summed E-state index contributed by atoms with van der Waals surface area (Å²) in [5, 5.41) is 3.40. The first-order valence-electron chi connectivity index (χ1n) is 6.83. The molecule has 0 amide bonds. The van der Waals surface area contributed by atoms with E-state index in [0.717, 1.165) is 31.9 Å². The number of benzene rings is 1. The molecule has 98 valence electrons. The molecule has 0 bridgehead atoms. The Morgan fingerprint density at radius 1 is 1.44 bits per heavy atom. The topological polar surface area (TPSA) is 24.5 Å². The Bertz CT molecular complexity index is 446. The van der Waals surface area contributed by atoms with Gasteiger partial charge in [0.25, 0.3) is 0 Å². The van der Waals surface area contributed by atoms with Crippen molar-refractivity contribution in [3.63, 3.8) is 0 Å². The van der Waals surface area contributed by atoms with Gasteiger partial charge >= 0.3 is 0 Å². The number of anilines is 1. The molecule has 1 aromatic rings. The smallest absolute Gasteiger partial charge is 0.121 e. The normalized spacial score (nSPS) is 27.0. The van der Waals surface area contributed by atoms with Crippen LogP contribution in [0.3, 0.4) is 0 Å². The van der Waals surface area contributed by atoms with Gasteiger partial charge in [-0.3, -0.25) is 0 Å². The number of ether oxygens (including phenoxy) is 1. The van der Waals surface area contributed by atoms with E-state index in [-0.39, 0.29) is 0 Å². The minimum atomic E-state index is 0.307. The molecule has 0 saturated carbocycles. The monoisotopic (exact) mass is 246 g/mol. The molecule has 1 saturated heterocycles. The minimum Gasteiger partial charge on any atom is -0.493 e. The fourth-order valence-corrected chi connectivity index (χ4v) is 3.01. The molecule has 1 atom stereocenters. The number of rotatable bonds is 3. The first kappa shape index (κ1) is 11.8. The van der Waals surface area contributed by atoms with Crippen molar-refractivity contribution in [2.45, 2.75) is 19.8 Å². The summed E-state index contributed by atoms with van der Waals surface area (Å²) in [6.07, 6.45) is 2.37. The van der Waals surface area contributed by atoms with Crippen LogP contribution in [-0.4, -0.2) is 38.2 Å². The summed E-state index contributed by atoms with van der Waals surface area (Å²) >= 11 is 0. The lowest BCUT2D eigenvalue weighted by Gasteiger charge is -2.24. The Morgan fingerprint density at radius 2 is 2.33 bits per heavy atom. The van der Waals surface area contributed by atoms with Crippen molar-refractivity contribution in [2.24, 2.45) is 5.41 Å². The van der Waals surface area contributed by atoms with Crippen LogP contribution >= 0.6 is 0 Å². The highest BCUT2D eigenvalue weighted by molar-refractivity contribution is 5.58. The predicted molar refractivity (Wildman–Crippen MR) is 74.4 cm³/mol. The van der Waals surface area contributed by atoms with Crippen LogP contribution in [-0.2, 0) is 6.42 Å². The van der Waals surface area contributed by atoms with Gasteiger partial charge in [-0.1, -0.05) is 13.0 Å². The molecule has 2 aliphatic heterocycles. The molecule has 0 spiro atoms. The largest absolute Gasteiger partial charge is 0.493 e. The van der Waals surface area contributed by atoms with Crippen molar-refractivity contribution in [3.05, 3.63) is 23.8 Å². The Balaban J connectivity index is 1.63. The zero-order chi connectivity index (χ0) is 12.6. The maximum absolute atomic E-state index is 6.00. The molecular formula is C15H22N2O. The van der Waals surface area contributed by atoms with Gasteiger partial charge in [0.05, 0.1) is 6.61 Å². The summed E-state index contributed by atoms with van der Waals surface area (Å²) < 4.78 is 6.00. The first-order valence-corrected chi connectivity index (χ1v) is 6.83. The molecule has 1 fully saturated rings. The molecule has 1 unspecified atom stereocenters. The van der Waals surface area contributed by atoms with Crippen LogP contribution in [0, 0.1) is 5.41 Å². The molecule has 1 N–H and O–H groups in total. The average molecular weight is 246 g/mol. The van der Waals surface area contributed by atoms with Gasteiger partial charge in [-0.15, -0.1) is 0 Å². The number of fused-ring (bicyclic) bond motifs is 1. The van der Waals surface area contributed by atoms with Crippen molar-refractivity contribution in [1.82, 2.24) is 4.90 Å². The van der Waals surface area contributed by atoms with Crippen molar-refractivity contribution in [3.8, 4) is 5.75 Å². The van der Waals surface area contributed by atoms with Crippen molar-refractivity contribution < 1.29 is 4.74 Å². The fourth-order valence-electron chi connectivity index (χ4n) is 3.01. The number of hydrogen-bond acceptors (Lipinski definition) is 3. The second-order valence-corrected chi connectivity index (χ2v) is 6.08. The third-order valence-electron chi connectivity index (χ3n) is 4.13. The molecule has 3 nitrogen and oxygen atoms in total. The third-order valence-corrected chi connectivity index (χ3v) is 4.13. The van der Waals surface area contributed by atoms with Crippen LogP contribution in [0.4, 0.5) is 5.69 Å². The Kier molecular flexibility index (Phi) is 2.94. The van der Waals surface area contributed by atoms with Crippen molar-refractivity contribution in [2.75, 3.05) is 38.6 Å². The quantitative estimate of drug-likeness (QED) is 0.886. The fraction of sp³-hybridized carbons (Fsp3) is 0.600. The highest BCUT2D eigenvalue weighted by Gasteiger charge is 2.32. The van der Waals surface area contributed by atoms with Gasteiger partial charge in [0.2, 0.25) is 0 Å². The number of likely N-dealkylation sites (tertiary alicyclic amines) is 1. The van der Waals surface area contributed by atoms with E-state index in [0.29, 0.717) is 5.41 Å². The Hall–Kier alpha value is -1.22. The van der Waals surface area contributed by atoms with E-state index in [4.69, 9.17) is 4.74 Å². The van der Waals surface area contributed by atoms with Crippen LogP contribution < -0.4 is 10.1 Å². The summed E-state index contributed by atoms with van der Waals surface area (Å²) in [5.41, 5.74) is 2.97. The highest BCUT2D eigenvalue weighted by Crippen LogP contribution is 2.31. The summed E-state index contributed by atoms with van der Waals surface area (Å²) in [4.78, 5) is 2.38. The van der Waals surface area contributed by atoms with E-state index in [1.54, 1.807) is 0 Å². The SMILES string of the molecule is CN1CCC(C)(COc2ccc3c(c2)NCC3)C1. The second kappa shape index (κ2) is 4.47. The molecule has 18 heavy (non-hydrogen) atoms. The first-order chi connectivity index (χ1) is 8.65. The summed E-state index contributed by atoms with van der Waals surface area (Å²) in [6.45, 7) is 6.52. The number of nitrogens with zero attached hydrogens (tertiary/aromatic N) is 1. The van der Waals surface area contributed by atoms with Gasteiger partial charge in [-0.05, 0) is 38.1 Å². The Morgan fingerprint density at radius 3 is 3.11 bits per heavy atom. The van der Waals surface area contributed by atoms with Crippen LogP contribution in [0.15, 0.2) is 18.2 Å². The van der Waals surface area contributed by atoms with Crippen LogP contribution in [0.2, 0.25) is 0 Å². The van der Waals surface area contributed by atoms with Gasteiger partial charge in [0.1, 0.15) is 5.75 Å². The van der Waals surface area contributed by atoms with Crippen molar-refractivity contribution >= 4 is 5.69 Å². The molecular weight excluding hydrogens is 224 g/mol. The molecule has 0 aliphatic carbocycles. The molecule has 2 heterocycles. The van der Waals surface area contributed by atoms with Gasteiger partial charge in [-0.25, -0.2) is 0 Å². The van der Waals surface area contributed by atoms with Crippen LogP contribution in [0.1, 0.15) is 18.9 Å². The van der Waals surface area contributed by atoms with E-state index < -0.39 is 0 Å². The lowest BCUT2D eigenvalue weighted by molar-refractivity contribution is 0.168. The molecule has 0 aromatic heterocycles. The lowest BCUT2D eigenvalue weighted by atomic mass is 9.91. The maximum Gasteiger partial charge on any atom is 0.121 e. The zero-order valence-corrected chi connectivity index (χ0v) is 11.3. The predicted octanol–water partition coefficient (Wildman–Crippen LogP) is 2.38. The summed E-state index contributed by atoms with van der Waals surface area (Å²) in [7, 11) is 2.19. The lowest BCUT2D eigenvalue weighted by Crippen LogP contribution is -2.28. The minimum absolute atomic E-state index is 0.307. The zero-order valence-electron chi connectivity index (χ0n) is 11.3. The highest BCUT2D eigenvalue weighted by atomic mass is 16.5. The molecule has 3 heteroatoms. The van der Waals surface area contributed by atoms with E-state index in [1.165, 1.54) is 24.2 Å². The molecule has 0 radical (unpaired) electrons. The van der Waals surface area contributed by atoms with Crippen LogP contribution in [0.25, 0.3) is 0 Å². The third kappa shape index (κ3) is 2.32. The standard InChI is InChI=1S/C15H22N2O/c1-15(6-8-17(2)10-15)11-18-13-4-3-12-5-7-16-14(12)9-13/h3-4,9,16H,5-8,10-11H2,1-2H3. The summed E-state index contributed by atoms with van der Waals surface area (Å²) in [5.74, 6) is 0.999.